The summed E-state index contributed by atoms with van der Waals surface area (Å²) >= 11 is 11.1. The number of aldehydes is 1. The molecule has 0 aromatic heterocycles. The molecule has 1 N–H and O–H groups in total. The molecule has 0 bridgehead atoms. The average molecular weight is 179 g/mol. The standard InChI is InChI=1S/C5H4Cl2N2O/c6-5(7)4(2-10)1-8-3-9-5/h1-3H,(H,8,9). The van der Waals surface area contributed by atoms with E-state index < -0.39 is 4.46 Å². The second-order valence-electron chi connectivity index (χ2n) is 1.68. The Morgan fingerprint density at radius 3 is 2.80 bits per heavy atom. The highest BCUT2D eigenvalue weighted by Crippen LogP contribution is 2.30. The van der Waals surface area contributed by atoms with Gasteiger partial charge in [0.25, 0.3) is 0 Å². The third-order valence-electron chi connectivity index (χ3n) is 1.01. The van der Waals surface area contributed by atoms with Crippen LogP contribution in [0.5, 0.6) is 0 Å². The van der Waals surface area contributed by atoms with Crippen LogP contribution in [0.1, 0.15) is 0 Å². The van der Waals surface area contributed by atoms with Crippen molar-refractivity contribution in [3.63, 3.8) is 0 Å². The Labute approximate surface area is 67.7 Å². The maximum Gasteiger partial charge on any atom is 0.239 e. The van der Waals surface area contributed by atoms with Crippen LogP contribution < -0.4 is 5.32 Å². The van der Waals surface area contributed by atoms with Crippen molar-refractivity contribution >= 4 is 35.8 Å². The van der Waals surface area contributed by atoms with Gasteiger partial charge in [-0.2, -0.15) is 0 Å². The lowest BCUT2D eigenvalue weighted by Crippen LogP contribution is -2.23. The van der Waals surface area contributed by atoms with E-state index in [1.54, 1.807) is 0 Å². The maximum atomic E-state index is 10.2. The number of aliphatic imine (C=N–C) groups is 1. The van der Waals surface area contributed by atoms with Gasteiger partial charge in [-0.15, -0.1) is 0 Å². The third kappa shape index (κ3) is 1.30. The summed E-state index contributed by atoms with van der Waals surface area (Å²) in [4.78, 5) is 13.8. The van der Waals surface area contributed by atoms with Gasteiger partial charge in [0, 0.05) is 6.20 Å². The van der Waals surface area contributed by atoms with E-state index >= 15 is 0 Å². The Morgan fingerprint density at radius 2 is 2.40 bits per heavy atom. The fraction of sp³-hybridized carbons (Fsp3) is 0.200. The van der Waals surface area contributed by atoms with Gasteiger partial charge >= 0.3 is 0 Å². The van der Waals surface area contributed by atoms with Crippen molar-refractivity contribution in [3.05, 3.63) is 11.8 Å². The van der Waals surface area contributed by atoms with Gasteiger partial charge in [-0.1, -0.05) is 23.2 Å². The van der Waals surface area contributed by atoms with Crippen molar-refractivity contribution in [1.82, 2.24) is 5.32 Å². The van der Waals surface area contributed by atoms with E-state index in [9.17, 15) is 4.79 Å². The highest BCUT2D eigenvalue weighted by atomic mass is 35.5. The van der Waals surface area contributed by atoms with E-state index in [0.717, 1.165) is 0 Å². The lowest BCUT2D eigenvalue weighted by Gasteiger charge is -2.16. The van der Waals surface area contributed by atoms with Crippen molar-refractivity contribution in [2.24, 2.45) is 4.99 Å². The van der Waals surface area contributed by atoms with Gasteiger partial charge in [0.1, 0.15) is 0 Å². The predicted molar refractivity (Wildman–Crippen MR) is 40.2 cm³/mol. The summed E-state index contributed by atoms with van der Waals surface area (Å²) in [5, 5.41) is 2.59. The number of halogens is 2. The number of nitrogens with zero attached hydrogens (tertiary/aromatic N) is 1. The van der Waals surface area contributed by atoms with Crippen molar-refractivity contribution in [3.8, 4) is 0 Å². The number of nitrogens with one attached hydrogen (secondary N) is 1. The van der Waals surface area contributed by atoms with Crippen LogP contribution in [0.25, 0.3) is 0 Å². The molecule has 0 atom stereocenters. The molecule has 1 heterocycles. The first-order valence-corrected chi connectivity index (χ1v) is 3.26. The minimum Gasteiger partial charge on any atom is -0.352 e. The van der Waals surface area contributed by atoms with Gasteiger partial charge in [-0.3, -0.25) is 4.79 Å². The van der Waals surface area contributed by atoms with Gasteiger partial charge in [0.15, 0.2) is 6.29 Å². The Morgan fingerprint density at radius 1 is 1.70 bits per heavy atom. The highest BCUT2D eigenvalue weighted by molar-refractivity contribution is 6.52. The first kappa shape index (κ1) is 7.57. The van der Waals surface area contributed by atoms with Crippen LogP contribution in [0.2, 0.25) is 0 Å². The summed E-state index contributed by atoms with van der Waals surface area (Å²) in [7, 11) is 0. The first-order chi connectivity index (χ1) is 4.67. The molecule has 3 nitrogen and oxygen atoms in total. The lowest BCUT2D eigenvalue weighted by molar-refractivity contribution is -0.105. The maximum absolute atomic E-state index is 10.2. The average Bonchev–Trinajstić information content (AvgIpc) is 1.87. The van der Waals surface area contributed by atoms with E-state index in [2.05, 4.69) is 10.3 Å². The molecule has 1 aliphatic heterocycles. The van der Waals surface area contributed by atoms with E-state index in [4.69, 9.17) is 23.2 Å². The van der Waals surface area contributed by atoms with Gasteiger partial charge < -0.3 is 5.32 Å². The third-order valence-corrected chi connectivity index (χ3v) is 1.65. The molecule has 5 heteroatoms. The lowest BCUT2D eigenvalue weighted by atomic mass is 10.3. The van der Waals surface area contributed by atoms with Crippen LogP contribution in [0, 0.1) is 0 Å². The highest BCUT2D eigenvalue weighted by Gasteiger charge is 2.28. The molecule has 0 fully saturated rings. The molecular formula is C5H4Cl2N2O. The molecule has 0 aliphatic carbocycles. The smallest absolute Gasteiger partial charge is 0.239 e. The molecule has 0 saturated heterocycles. The molecule has 0 aromatic carbocycles. The molecule has 0 spiro atoms. The molecular weight excluding hydrogens is 175 g/mol. The Bertz CT molecular complexity index is 210. The summed E-state index contributed by atoms with van der Waals surface area (Å²) in [6.07, 6.45) is 3.29. The largest absolute Gasteiger partial charge is 0.352 e. The van der Waals surface area contributed by atoms with Crippen LogP contribution in [0.3, 0.4) is 0 Å². The van der Waals surface area contributed by atoms with Crippen LogP contribution in [-0.4, -0.2) is 17.1 Å². The first-order valence-electron chi connectivity index (χ1n) is 2.50. The topological polar surface area (TPSA) is 41.5 Å². The second kappa shape index (κ2) is 2.60. The number of alkyl halides is 2. The Hall–Kier alpha value is -0.540. The summed E-state index contributed by atoms with van der Waals surface area (Å²) < 4.78 is -1.41. The van der Waals surface area contributed by atoms with E-state index in [1.807, 2.05) is 0 Å². The monoisotopic (exact) mass is 178 g/mol. The Kier molecular flexibility index (Phi) is 1.97. The van der Waals surface area contributed by atoms with E-state index in [1.165, 1.54) is 12.5 Å². The normalized spacial score (nSPS) is 21.2. The number of carbonyl (C=O) groups excluding carboxylic acids is 1. The molecule has 1 aliphatic rings. The molecule has 0 amide bonds. The van der Waals surface area contributed by atoms with Crippen LogP contribution in [-0.2, 0) is 4.79 Å². The zero-order chi connectivity index (χ0) is 7.61. The van der Waals surface area contributed by atoms with E-state index in [-0.39, 0.29) is 5.57 Å². The van der Waals surface area contributed by atoms with Crippen molar-refractivity contribution < 1.29 is 4.79 Å². The number of carbonyl (C=O) groups is 1. The number of hydrogen-bond acceptors (Lipinski definition) is 3. The van der Waals surface area contributed by atoms with Gasteiger partial charge in [-0.25, -0.2) is 4.99 Å². The van der Waals surface area contributed by atoms with Crippen LogP contribution in [0.4, 0.5) is 0 Å². The van der Waals surface area contributed by atoms with Crippen LogP contribution >= 0.6 is 23.2 Å². The minimum atomic E-state index is -1.41. The molecule has 1 rings (SSSR count). The molecule has 54 valence electrons. The zero-order valence-electron chi connectivity index (χ0n) is 4.84. The van der Waals surface area contributed by atoms with Crippen molar-refractivity contribution in [2.45, 2.75) is 4.46 Å². The van der Waals surface area contributed by atoms with Gasteiger partial charge in [-0.05, 0) is 0 Å². The molecule has 0 saturated carbocycles. The van der Waals surface area contributed by atoms with Gasteiger partial charge in [0.2, 0.25) is 4.46 Å². The predicted octanol–water partition coefficient (Wildman–Crippen LogP) is 0.832. The van der Waals surface area contributed by atoms with Crippen LogP contribution in [0.15, 0.2) is 16.8 Å². The molecule has 0 aromatic rings. The van der Waals surface area contributed by atoms with Gasteiger partial charge in [0.05, 0.1) is 11.9 Å². The summed E-state index contributed by atoms with van der Waals surface area (Å²) in [6, 6.07) is 0. The summed E-state index contributed by atoms with van der Waals surface area (Å²) in [6.45, 7) is 0. The second-order valence-corrected chi connectivity index (χ2v) is 2.97. The minimum absolute atomic E-state index is 0.207. The fourth-order valence-corrected chi connectivity index (χ4v) is 0.807. The number of rotatable bonds is 1. The molecule has 0 unspecified atom stereocenters. The summed E-state index contributed by atoms with van der Waals surface area (Å²) in [5.41, 5.74) is 0.207. The quantitative estimate of drug-likeness (QED) is 0.368. The Balaban J connectivity index is 2.90. The van der Waals surface area contributed by atoms with Crippen molar-refractivity contribution in [2.75, 3.05) is 0 Å². The van der Waals surface area contributed by atoms with E-state index in [0.29, 0.717) is 6.29 Å². The SMILES string of the molecule is O=CC1=CNC=NC1(Cl)Cl. The summed E-state index contributed by atoms with van der Waals surface area (Å²) in [5.74, 6) is 0. The zero-order valence-corrected chi connectivity index (χ0v) is 6.36. The number of hydrogen-bond donors (Lipinski definition) is 1. The molecule has 0 radical (unpaired) electrons. The molecule has 10 heavy (non-hydrogen) atoms. The fourth-order valence-electron chi connectivity index (χ4n) is 0.512. The van der Waals surface area contributed by atoms with Crippen molar-refractivity contribution in [1.29, 1.82) is 0 Å².